The highest BCUT2D eigenvalue weighted by atomic mass is 35.5. The van der Waals surface area contributed by atoms with Crippen LogP contribution in [0.3, 0.4) is 0 Å². The van der Waals surface area contributed by atoms with Crippen LogP contribution in [0.2, 0.25) is 5.02 Å². The van der Waals surface area contributed by atoms with Gasteiger partial charge in [0, 0.05) is 22.3 Å². The summed E-state index contributed by atoms with van der Waals surface area (Å²) in [5.41, 5.74) is 5.64. The van der Waals surface area contributed by atoms with Crippen molar-refractivity contribution in [2.75, 3.05) is 5.73 Å². The van der Waals surface area contributed by atoms with Gasteiger partial charge in [0.1, 0.15) is 6.61 Å². The van der Waals surface area contributed by atoms with Crippen molar-refractivity contribution < 1.29 is 18.3 Å². The highest BCUT2D eigenvalue weighted by Crippen LogP contribution is 2.20. The van der Waals surface area contributed by atoms with Gasteiger partial charge in [-0.15, -0.1) is 0 Å². The number of halogens is 3. The summed E-state index contributed by atoms with van der Waals surface area (Å²) in [5, 5.41) is 0.443. The van der Waals surface area contributed by atoms with Gasteiger partial charge < -0.3 is 10.5 Å². The van der Waals surface area contributed by atoms with Crippen molar-refractivity contribution in [1.82, 2.24) is 0 Å². The number of nitrogen functional groups attached to an aromatic ring is 1. The molecule has 6 heteroatoms. The van der Waals surface area contributed by atoms with E-state index in [0.29, 0.717) is 16.7 Å². The number of hydrogen-bond acceptors (Lipinski definition) is 3. The van der Waals surface area contributed by atoms with Crippen LogP contribution >= 0.6 is 11.6 Å². The number of benzene rings is 2. The van der Waals surface area contributed by atoms with Gasteiger partial charge in [0.25, 0.3) is 0 Å². The number of esters is 1. The number of hydrogen-bond donors (Lipinski definition) is 1. The Kier molecular flexibility index (Phi) is 4.20. The Balaban J connectivity index is 2.13. The molecule has 0 aliphatic carbocycles. The lowest BCUT2D eigenvalue weighted by atomic mass is 10.1. The van der Waals surface area contributed by atoms with E-state index in [0.717, 1.165) is 6.07 Å². The molecule has 0 aliphatic heterocycles. The molecular weight excluding hydrogens is 288 g/mol. The van der Waals surface area contributed by atoms with Crippen LogP contribution in [-0.4, -0.2) is 5.97 Å². The second-order valence-corrected chi connectivity index (χ2v) is 4.43. The van der Waals surface area contributed by atoms with Gasteiger partial charge in [-0.2, -0.15) is 0 Å². The minimum absolute atomic E-state index is 0.0864. The summed E-state index contributed by atoms with van der Waals surface area (Å²) in [7, 11) is 0. The molecule has 0 amide bonds. The molecule has 0 unspecified atom stereocenters. The highest BCUT2D eigenvalue weighted by molar-refractivity contribution is 6.31. The number of carbonyl (C=O) groups excluding carboxylic acids is 1. The third-order valence-corrected chi connectivity index (χ3v) is 3.00. The Morgan fingerprint density at radius 2 is 1.85 bits per heavy atom. The summed E-state index contributed by atoms with van der Waals surface area (Å²) in [6.45, 7) is -0.0864. The van der Waals surface area contributed by atoms with Crippen LogP contribution in [0.4, 0.5) is 14.5 Å². The zero-order chi connectivity index (χ0) is 14.7. The first-order valence-corrected chi connectivity index (χ1v) is 6.02. The monoisotopic (exact) mass is 297 g/mol. The van der Waals surface area contributed by atoms with Crippen molar-refractivity contribution in [3.8, 4) is 0 Å². The Labute approximate surface area is 118 Å². The zero-order valence-corrected chi connectivity index (χ0v) is 11.0. The third-order valence-electron chi connectivity index (χ3n) is 2.63. The maximum atomic E-state index is 13.1. The summed E-state index contributed by atoms with van der Waals surface area (Å²) >= 11 is 5.91. The molecule has 2 aromatic carbocycles. The molecular formula is C14H10ClF2NO2. The molecule has 0 atom stereocenters. The minimum atomic E-state index is -1.16. The van der Waals surface area contributed by atoms with E-state index in [1.165, 1.54) is 0 Å². The van der Waals surface area contributed by atoms with Gasteiger partial charge in [-0.05, 0) is 12.1 Å². The Morgan fingerprint density at radius 3 is 2.55 bits per heavy atom. The Bertz CT molecular complexity index is 662. The lowest BCUT2D eigenvalue weighted by Gasteiger charge is -2.08. The smallest absolute Gasteiger partial charge is 0.340 e. The van der Waals surface area contributed by atoms with Crippen LogP contribution in [0.15, 0.2) is 36.4 Å². The molecule has 0 saturated carbocycles. The molecule has 0 heterocycles. The van der Waals surface area contributed by atoms with E-state index in [9.17, 15) is 13.6 Å². The number of nitrogens with two attached hydrogens (primary N) is 1. The fourth-order valence-electron chi connectivity index (χ4n) is 1.58. The van der Waals surface area contributed by atoms with Gasteiger partial charge in [-0.3, -0.25) is 0 Å². The van der Waals surface area contributed by atoms with Crippen LogP contribution < -0.4 is 5.73 Å². The first kappa shape index (κ1) is 14.3. The lowest BCUT2D eigenvalue weighted by molar-refractivity contribution is 0.0473. The second kappa shape index (κ2) is 5.88. The predicted octanol–water partition coefficient (Wildman–Crippen LogP) is 3.56. The van der Waals surface area contributed by atoms with E-state index in [1.54, 1.807) is 24.3 Å². The summed E-state index contributed by atoms with van der Waals surface area (Å²) in [4.78, 5) is 11.8. The Morgan fingerprint density at radius 1 is 1.20 bits per heavy atom. The molecule has 2 rings (SSSR count). The summed E-state index contributed by atoms with van der Waals surface area (Å²) in [6, 6.07) is 8.25. The maximum Gasteiger partial charge on any atom is 0.340 e. The van der Waals surface area contributed by atoms with Crippen molar-refractivity contribution in [3.63, 3.8) is 0 Å². The molecule has 0 spiro atoms. The largest absolute Gasteiger partial charge is 0.457 e. The second-order valence-electron chi connectivity index (χ2n) is 4.02. The van der Waals surface area contributed by atoms with Gasteiger partial charge in [-0.1, -0.05) is 29.8 Å². The zero-order valence-electron chi connectivity index (χ0n) is 10.2. The molecule has 0 aromatic heterocycles. The molecule has 104 valence electrons. The average Bonchev–Trinajstić information content (AvgIpc) is 2.41. The fraction of sp³-hybridized carbons (Fsp3) is 0.0714. The fourth-order valence-corrected chi connectivity index (χ4v) is 1.77. The number of anilines is 1. The van der Waals surface area contributed by atoms with E-state index < -0.39 is 17.6 Å². The topological polar surface area (TPSA) is 52.3 Å². The van der Waals surface area contributed by atoms with Crippen molar-refractivity contribution in [1.29, 1.82) is 0 Å². The van der Waals surface area contributed by atoms with Crippen LogP contribution in [0.5, 0.6) is 0 Å². The SMILES string of the molecule is Nc1cc(F)c(F)cc1C(=O)OCc1ccccc1Cl. The first-order chi connectivity index (χ1) is 9.49. The molecule has 2 N–H and O–H groups in total. The van der Waals surface area contributed by atoms with Gasteiger partial charge in [0.2, 0.25) is 0 Å². The molecule has 20 heavy (non-hydrogen) atoms. The normalized spacial score (nSPS) is 10.3. The van der Waals surface area contributed by atoms with E-state index in [2.05, 4.69) is 0 Å². The molecule has 2 aromatic rings. The third kappa shape index (κ3) is 3.05. The van der Waals surface area contributed by atoms with Gasteiger partial charge in [0.15, 0.2) is 11.6 Å². The van der Waals surface area contributed by atoms with Crippen LogP contribution in [0, 0.1) is 11.6 Å². The first-order valence-electron chi connectivity index (χ1n) is 5.64. The number of carbonyl (C=O) groups is 1. The molecule has 0 radical (unpaired) electrons. The van der Waals surface area contributed by atoms with Crippen LogP contribution in [0.25, 0.3) is 0 Å². The van der Waals surface area contributed by atoms with Crippen molar-refractivity contribution >= 4 is 23.3 Å². The number of rotatable bonds is 3. The van der Waals surface area contributed by atoms with Crippen molar-refractivity contribution in [2.24, 2.45) is 0 Å². The molecule has 3 nitrogen and oxygen atoms in total. The standard InChI is InChI=1S/C14H10ClF2NO2/c15-10-4-2-1-3-8(10)7-20-14(19)9-5-11(16)12(17)6-13(9)18/h1-6H,7,18H2. The summed E-state index contributed by atoms with van der Waals surface area (Å²) in [6.07, 6.45) is 0. The molecule has 0 fully saturated rings. The lowest BCUT2D eigenvalue weighted by Crippen LogP contribution is -2.09. The van der Waals surface area contributed by atoms with Crippen LogP contribution in [-0.2, 0) is 11.3 Å². The van der Waals surface area contributed by atoms with E-state index in [-0.39, 0.29) is 17.9 Å². The summed E-state index contributed by atoms with van der Waals surface area (Å²) < 4.78 is 31.0. The van der Waals surface area contributed by atoms with Crippen LogP contribution in [0.1, 0.15) is 15.9 Å². The minimum Gasteiger partial charge on any atom is -0.457 e. The number of ether oxygens (including phenoxy) is 1. The predicted molar refractivity (Wildman–Crippen MR) is 71.3 cm³/mol. The Hall–Kier alpha value is -2.14. The van der Waals surface area contributed by atoms with E-state index in [1.807, 2.05) is 0 Å². The quantitative estimate of drug-likeness (QED) is 0.696. The van der Waals surface area contributed by atoms with E-state index >= 15 is 0 Å². The molecule has 0 bridgehead atoms. The van der Waals surface area contributed by atoms with Gasteiger partial charge in [-0.25, -0.2) is 13.6 Å². The van der Waals surface area contributed by atoms with Crippen molar-refractivity contribution in [2.45, 2.75) is 6.61 Å². The molecule has 0 saturated heterocycles. The van der Waals surface area contributed by atoms with E-state index in [4.69, 9.17) is 22.1 Å². The van der Waals surface area contributed by atoms with Gasteiger partial charge >= 0.3 is 5.97 Å². The average molecular weight is 298 g/mol. The highest BCUT2D eigenvalue weighted by Gasteiger charge is 2.16. The summed E-state index contributed by atoms with van der Waals surface area (Å²) in [5.74, 6) is -3.13. The molecule has 0 aliphatic rings. The van der Waals surface area contributed by atoms with Gasteiger partial charge in [0.05, 0.1) is 5.56 Å². The maximum absolute atomic E-state index is 13.1. The van der Waals surface area contributed by atoms with Crippen molar-refractivity contribution in [3.05, 3.63) is 64.2 Å².